The fourth-order valence-corrected chi connectivity index (χ4v) is 4.51. The fourth-order valence-electron chi connectivity index (χ4n) is 4.51. The van der Waals surface area contributed by atoms with Crippen molar-refractivity contribution in [1.29, 1.82) is 5.41 Å². The van der Waals surface area contributed by atoms with Crippen LogP contribution in [0.1, 0.15) is 45.5 Å². The van der Waals surface area contributed by atoms with Crippen LogP contribution in [0.25, 0.3) is 0 Å². The summed E-state index contributed by atoms with van der Waals surface area (Å²) in [6.07, 6.45) is -0.475. The molecule has 40 heavy (non-hydrogen) atoms. The van der Waals surface area contributed by atoms with Crippen molar-refractivity contribution in [3.8, 4) is 0 Å². The second-order valence-electron chi connectivity index (χ2n) is 9.25. The van der Waals surface area contributed by atoms with E-state index in [0.717, 1.165) is 25.0 Å². The molecule has 3 aromatic rings. The summed E-state index contributed by atoms with van der Waals surface area (Å²) in [5.41, 5.74) is 6.16. The first-order chi connectivity index (χ1) is 19.1. The Kier molecular flexibility index (Phi) is 8.46. The number of nitrogens with one attached hydrogen (secondary N) is 3. The van der Waals surface area contributed by atoms with E-state index in [1.165, 1.54) is 24.5 Å². The van der Waals surface area contributed by atoms with Crippen LogP contribution in [0.15, 0.2) is 67.5 Å². The van der Waals surface area contributed by atoms with E-state index in [9.17, 15) is 22.8 Å². The van der Waals surface area contributed by atoms with Gasteiger partial charge >= 0.3 is 6.18 Å². The van der Waals surface area contributed by atoms with Crippen LogP contribution >= 0.6 is 0 Å². The highest BCUT2D eigenvalue weighted by molar-refractivity contribution is 6.16. The van der Waals surface area contributed by atoms with Crippen molar-refractivity contribution in [2.24, 2.45) is 0 Å². The molecule has 1 aliphatic rings. The van der Waals surface area contributed by atoms with Gasteiger partial charge in [-0.2, -0.15) is 13.2 Å². The SMILES string of the molecule is C=CC(=O)N1CCCC(Nc2ncnc(N)c2C(=N)c2ccc(CNC(=O)c3ccccc3C(F)(F)F)cc2)C1. The summed E-state index contributed by atoms with van der Waals surface area (Å²) < 4.78 is 39.7. The highest BCUT2D eigenvalue weighted by atomic mass is 19.4. The van der Waals surface area contributed by atoms with Gasteiger partial charge < -0.3 is 21.3 Å². The number of halogens is 3. The lowest BCUT2D eigenvalue weighted by Gasteiger charge is -2.33. The van der Waals surface area contributed by atoms with Gasteiger partial charge in [-0.1, -0.05) is 43.0 Å². The van der Waals surface area contributed by atoms with E-state index >= 15 is 0 Å². The summed E-state index contributed by atoms with van der Waals surface area (Å²) in [7, 11) is 0. The molecule has 1 unspecified atom stereocenters. The smallest absolute Gasteiger partial charge is 0.383 e. The molecular weight excluding hydrogens is 523 g/mol. The van der Waals surface area contributed by atoms with Crippen molar-refractivity contribution in [3.05, 3.63) is 95.3 Å². The zero-order chi connectivity index (χ0) is 28.9. The third-order valence-electron chi connectivity index (χ3n) is 6.55. The molecule has 0 aliphatic carbocycles. The van der Waals surface area contributed by atoms with Gasteiger partial charge in [-0.05, 0) is 36.6 Å². The molecular formula is C28H28F3N7O2. The van der Waals surface area contributed by atoms with Crippen LogP contribution in [0, 0.1) is 5.41 Å². The predicted molar refractivity (Wildman–Crippen MR) is 145 cm³/mol. The standard InChI is InChI=1S/C28H28F3N7O2/c1-2-22(39)38-13-5-6-19(15-38)37-26-23(25(33)35-16-36-26)24(32)18-11-9-17(10-12-18)14-34-27(40)20-7-3-4-8-21(20)28(29,30)31/h2-4,7-12,16,19,32H,1,5-6,13-15H2,(H,34,40)(H3,33,35,36,37). The minimum Gasteiger partial charge on any atom is -0.383 e. The molecule has 4 rings (SSSR count). The molecule has 0 radical (unpaired) electrons. The molecule has 208 valence electrons. The molecule has 1 fully saturated rings. The maximum absolute atomic E-state index is 13.2. The Bertz CT molecular complexity index is 1420. The fraction of sp³-hybridized carbons (Fsp3) is 0.250. The molecule has 1 aliphatic heterocycles. The number of rotatable bonds is 8. The molecule has 1 atom stereocenters. The molecule has 0 bridgehead atoms. The van der Waals surface area contributed by atoms with Crippen LogP contribution in [-0.4, -0.2) is 51.5 Å². The highest BCUT2D eigenvalue weighted by Gasteiger charge is 2.34. The molecule has 9 nitrogen and oxygen atoms in total. The number of nitrogen functional groups attached to an aromatic ring is 1. The van der Waals surface area contributed by atoms with Crippen molar-refractivity contribution in [2.75, 3.05) is 24.1 Å². The van der Waals surface area contributed by atoms with E-state index in [4.69, 9.17) is 11.1 Å². The summed E-state index contributed by atoms with van der Waals surface area (Å²) in [5, 5.41) is 14.6. The number of nitrogens with two attached hydrogens (primary N) is 1. The van der Waals surface area contributed by atoms with Crippen LogP contribution in [0.2, 0.25) is 0 Å². The van der Waals surface area contributed by atoms with Crippen molar-refractivity contribution in [1.82, 2.24) is 20.2 Å². The summed E-state index contributed by atoms with van der Waals surface area (Å²) in [4.78, 5) is 34.5. The molecule has 5 N–H and O–H groups in total. The second-order valence-corrected chi connectivity index (χ2v) is 9.25. The van der Waals surface area contributed by atoms with Gasteiger partial charge in [0.2, 0.25) is 5.91 Å². The number of benzene rings is 2. The average molecular weight is 552 g/mol. The number of aromatic nitrogens is 2. The van der Waals surface area contributed by atoms with Crippen LogP contribution in [-0.2, 0) is 17.5 Å². The summed E-state index contributed by atoms with van der Waals surface area (Å²) in [5.74, 6) is -0.514. The van der Waals surface area contributed by atoms with Crippen molar-refractivity contribution in [2.45, 2.75) is 31.6 Å². The first-order valence-corrected chi connectivity index (χ1v) is 12.5. The van der Waals surface area contributed by atoms with Gasteiger partial charge in [0.05, 0.1) is 22.4 Å². The first-order valence-electron chi connectivity index (χ1n) is 12.5. The molecule has 2 aromatic carbocycles. The Morgan fingerprint density at radius 2 is 1.88 bits per heavy atom. The number of amides is 2. The number of piperidine rings is 1. The van der Waals surface area contributed by atoms with E-state index in [1.54, 1.807) is 29.2 Å². The Balaban J connectivity index is 1.45. The van der Waals surface area contributed by atoms with Crippen molar-refractivity contribution < 1.29 is 22.8 Å². The maximum atomic E-state index is 13.2. The minimum absolute atomic E-state index is 0.0103. The van der Waals surface area contributed by atoms with Gasteiger partial charge in [0, 0.05) is 31.2 Å². The normalized spacial score (nSPS) is 15.3. The number of hydrogen-bond donors (Lipinski definition) is 4. The zero-order valence-corrected chi connectivity index (χ0v) is 21.5. The number of likely N-dealkylation sites (tertiary alicyclic amines) is 1. The van der Waals surface area contributed by atoms with Crippen LogP contribution in [0.4, 0.5) is 24.8 Å². The zero-order valence-electron chi connectivity index (χ0n) is 21.5. The number of anilines is 2. The van der Waals surface area contributed by atoms with Gasteiger partial charge in [0.25, 0.3) is 5.91 Å². The van der Waals surface area contributed by atoms with Gasteiger partial charge in [-0.3, -0.25) is 15.0 Å². The molecule has 1 aromatic heterocycles. The third-order valence-corrected chi connectivity index (χ3v) is 6.55. The highest BCUT2D eigenvalue weighted by Crippen LogP contribution is 2.32. The van der Waals surface area contributed by atoms with Gasteiger partial charge in [0.1, 0.15) is 18.0 Å². The number of alkyl halides is 3. The monoisotopic (exact) mass is 551 g/mol. The van der Waals surface area contributed by atoms with E-state index in [2.05, 4.69) is 27.2 Å². The van der Waals surface area contributed by atoms with Gasteiger partial charge in [-0.15, -0.1) is 0 Å². The van der Waals surface area contributed by atoms with Crippen LogP contribution in [0.5, 0.6) is 0 Å². The summed E-state index contributed by atoms with van der Waals surface area (Å²) in [6.45, 7) is 4.62. The van der Waals surface area contributed by atoms with E-state index < -0.39 is 23.2 Å². The van der Waals surface area contributed by atoms with Crippen LogP contribution in [0.3, 0.4) is 0 Å². The van der Waals surface area contributed by atoms with E-state index in [1.807, 2.05) is 0 Å². The summed E-state index contributed by atoms with van der Waals surface area (Å²) in [6, 6.07) is 11.1. The lowest BCUT2D eigenvalue weighted by Crippen LogP contribution is -2.44. The Morgan fingerprint density at radius 3 is 2.58 bits per heavy atom. The average Bonchev–Trinajstić information content (AvgIpc) is 2.95. The minimum atomic E-state index is -4.65. The lowest BCUT2D eigenvalue weighted by atomic mass is 10.0. The molecule has 0 spiro atoms. The first kappa shape index (κ1) is 28.3. The van der Waals surface area contributed by atoms with Crippen molar-refractivity contribution >= 4 is 29.2 Å². The molecule has 0 saturated carbocycles. The quantitative estimate of drug-likeness (QED) is 0.247. The van der Waals surface area contributed by atoms with Gasteiger partial charge in [0.15, 0.2) is 0 Å². The molecule has 1 saturated heterocycles. The number of hydrogen-bond acceptors (Lipinski definition) is 7. The second kappa shape index (κ2) is 12.0. The van der Waals surface area contributed by atoms with Gasteiger partial charge in [-0.25, -0.2) is 9.97 Å². The topological polar surface area (TPSA) is 137 Å². The molecule has 2 heterocycles. The Morgan fingerprint density at radius 1 is 1.15 bits per heavy atom. The number of carbonyl (C=O) groups excluding carboxylic acids is 2. The lowest BCUT2D eigenvalue weighted by molar-refractivity contribution is -0.138. The predicted octanol–water partition coefficient (Wildman–Crippen LogP) is 4.01. The summed E-state index contributed by atoms with van der Waals surface area (Å²) >= 11 is 0. The number of nitrogens with zero attached hydrogens (tertiary/aromatic N) is 3. The van der Waals surface area contributed by atoms with Crippen LogP contribution < -0.4 is 16.4 Å². The van der Waals surface area contributed by atoms with Crippen molar-refractivity contribution in [3.63, 3.8) is 0 Å². The third kappa shape index (κ3) is 6.45. The number of carbonyl (C=O) groups is 2. The largest absolute Gasteiger partial charge is 0.417 e. The Labute approximate surface area is 228 Å². The molecule has 12 heteroatoms. The van der Waals surface area contributed by atoms with E-state index in [-0.39, 0.29) is 30.0 Å². The maximum Gasteiger partial charge on any atom is 0.417 e. The Hall–Kier alpha value is -4.74. The van der Waals surface area contributed by atoms with E-state index in [0.29, 0.717) is 35.6 Å². The molecule has 2 amide bonds.